The quantitative estimate of drug-likeness (QED) is 0.736. The van der Waals surface area contributed by atoms with Gasteiger partial charge >= 0.3 is 0 Å². The highest BCUT2D eigenvalue weighted by molar-refractivity contribution is 5.85. The molecule has 2 fully saturated rings. The first-order valence-corrected chi connectivity index (χ1v) is 10.1. The fourth-order valence-corrected chi connectivity index (χ4v) is 4.17. The molecule has 9 nitrogen and oxygen atoms in total. The molecule has 0 saturated carbocycles. The van der Waals surface area contributed by atoms with Crippen molar-refractivity contribution in [3.05, 3.63) is 30.1 Å². The molecule has 2 aliphatic heterocycles. The molecule has 4 heterocycles. The molecule has 0 atom stereocenters. The van der Waals surface area contributed by atoms with Crippen molar-refractivity contribution >= 4 is 11.8 Å². The van der Waals surface area contributed by atoms with E-state index in [4.69, 9.17) is 0 Å². The maximum absolute atomic E-state index is 12.5. The number of aromatic nitrogens is 5. The van der Waals surface area contributed by atoms with Crippen LogP contribution < -0.4 is 0 Å². The molecule has 0 spiro atoms. The molecule has 0 aromatic carbocycles. The first kappa shape index (κ1) is 18.6. The average molecular weight is 385 g/mol. The highest BCUT2D eigenvalue weighted by Gasteiger charge is 2.30. The lowest BCUT2D eigenvalue weighted by Gasteiger charge is -2.32. The van der Waals surface area contributed by atoms with Crippen molar-refractivity contribution in [1.82, 2.24) is 34.3 Å². The molecule has 150 valence electrons. The second-order valence-electron chi connectivity index (χ2n) is 7.50. The minimum absolute atomic E-state index is 0.0602. The van der Waals surface area contributed by atoms with Crippen LogP contribution in [0.15, 0.2) is 18.5 Å². The smallest absolute Gasteiger partial charge is 0.242 e. The minimum atomic E-state index is 0.0602. The fourth-order valence-electron chi connectivity index (χ4n) is 4.17. The summed E-state index contributed by atoms with van der Waals surface area (Å²) in [5.41, 5.74) is 0. The van der Waals surface area contributed by atoms with Gasteiger partial charge in [-0.3, -0.25) is 14.3 Å². The number of amides is 2. The summed E-state index contributed by atoms with van der Waals surface area (Å²) >= 11 is 0. The van der Waals surface area contributed by atoms with Crippen LogP contribution in [0.1, 0.15) is 50.2 Å². The molecule has 2 aromatic rings. The molecular formula is C19H27N7O2. The lowest BCUT2D eigenvalue weighted by molar-refractivity contribution is -0.139. The zero-order chi connectivity index (χ0) is 19.5. The molecule has 4 rings (SSSR count). The van der Waals surface area contributed by atoms with E-state index in [-0.39, 0.29) is 18.4 Å². The zero-order valence-corrected chi connectivity index (χ0v) is 16.3. The van der Waals surface area contributed by atoms with Gasteiger partial charge in [-0.15, -0.1) is 10.2 Å². The van der Waals surface area contributed by atoms with E-state index >= 15 is 0 Å². The molecule has 28 heavy (non-hydrogen) atoms. The van der Waals surface area contributed by atoms with E-state index in [2.05, 4.69) is 26.8 Å². The minimum Gasteiger partial charge on any atom is -0.341 e. The summed E-state index contributed by atoms with van der Waals surface area (Å²) < 4.78 is 4.02. The third-order valence-corrected chi connectivity index (χ3v) is 5.75. The zero-order valence-electron chi connectivity index (χ0n) is 16.3. The van der Waals surface area contributed by atoms with Gasteiger partial charge in [0.05, 0.1) is 6.54 Å². The molecule has 0 N–H and O–H groups in total. The third kappa shape index (κ3) is 3.79. The predicted octanol–water partition coefficient (Wildman–Crippen LogP) is 0.871. The van der Waals surface area contributed by atoms with Crippen molar-refractivity contribution in [3.63, 3.8) is 0 Å². The highest BCUT2D eigenvalue weighted by Crippen LogP contribution is 2.27. The molecule has 0 unspecified atom stereocenters. The Hall–Kier alpha value is -2.71. The van der Waals surface area contributed by atoms with Gasteiger partial charge < -0.3 is 14.4 Å². The predicted molar refractivity (Wildman–Crippen MR) is 101 cm³/mol. The number of nitrogens with zero attached hydrogens (tertiary/aromatic N) is 7. The van der Waals surface area contributed by atoms with Gasteiger partial charge in [0, 0.05) is 50.9 Å². The van der Waals surface area contributed by atoms with E-state index in [0.29, 0.717) is 38.5 Å². The van der Waals surface area contributed by atoms with E-state index < -0.39 is 0 Å². The van der Waals surface area contributed by atoms with Gasteiger partial charge in [-0.05, 0) is 32.3 Å². The lowest BCUT2D eigenvalue weighted by Crippen LogP contribution is -2.44. The van der Waals surface area contributed by atoms with E-state index in [1.165, 1.54) is 0 Å². The second-order valence-corrected chi connectivity index (χ2v) is 7.50. The molecule has 0 bridgehead atoms. The standard InChI is InChI=1S/C19H27N7O2/c1-2-26-16(13-25-10-4-8-20-25)21-22-19(26)15-6-11-23(12-7-15)18(28)14-24-9-3-5-17(24)27/h4,8,10,15H,2-3,5-7,9,11-14H2,1H3. The average Bonchev–Trinajstić information content (AvgIpc) is 3.45. The molecule has 0 radical (unpaired) electrons. The van der Waals surface area contributed by atoms with Crippen LogP contribution in [0.5, 0.6) is 0 Å². The summed E-state index contributed by atoms with van der Waals surface area (Å²) in [6.45, 7) is 5.87. The van der Waals surface area contributed by atoms with Gasteiger partial charge in [-0.2, -0.15) is 5.10 Å². The SMILES string of the molecule is CCn1c(Cn2cccn2)nnc1C1CCN(C(=O)CN2CCCC2=O)CC1. The van der Waals surface area contributed by atoms with Crippen molar-refractivity contribution in [2.24, 2.45) is 0 Å². The molecule has 9 heteroatoms. The Morgan fingerprint density at radius 3 is 2.68 bits per heavy atom. The molecular weight excluding hydrogens is 358 g/mol. The van der Waals surface area contributed by atoms with Crippen LogP contribution in [0.3, 0.4) is 0 Å². The van der Waals surface area contributed by atoms with Crippen molar-refractivity contribution in [3.8, 4) is 0 Å². The van der Waals surface area contributed by atoms with Crippen LogP contribution in [0.25, 0.3) is 0 Å². The molecule has 0 aliphatic carbocycles. The molecule has 2 amide bonds. The van der Waals surface area contributed by atoms with Crippen LogP contribution in [0.4, 0.5) is 0 Å². The summed E-state index contributed by atoms with van der Waals surface area (Å²) in [7, 11) is 0. The normalized spacial score (nSPS) is 18.2. The maximum Gasteiger partial charge on any atom is 0.242 e. The summed E-state index contributed by atoms with van der Waals surface area (Å²) in [5, 5.41) is 13.1. The number of piperidine rings is 1. The topological polar surface area (TPSA) is 89.2 Å². The Labute approximate surface area is 164 Å². The van der Waals surface area contributed by atoms with E-state index in [0.717, 1.165) is 37.5 Å². The summed E-state index contributed by atoms with van der Waals surface area (Å²) in [4.78, 5) is 27.9. The van der Waals surface area contributed by atoms with Crippen molar-refractivity contribution < 1.29 is 9.59 Å². The molecule has 2 aromatic heterocycles. The van der Waals surface area contributed by atoms with Gasteiger partial charge in [0.15, 0.2) is 5.82 Å². The van der Waals surface area contributed by atoms with Gasteiger partial charge in [-0.25, -0.2) is 0 Å². The van der Waals surface area contributed by atoms with E-state index in [9.17, 15) is 9.59 Å². The summed E-state index contributed by atoms with van der Waals surface area (Å²) in [6, 6.07) is 1.90. The molecule has 2 aliphatic rings. The fraction of sp³-hybridized carbons (Fsp3) is 0.632. The van der Waals surface area contributed by atoms with Crippen molar-refractivity contribution in [2.45, 2.75) is 51.6 Å². The van der Waals surface area contributed by atoms with Crippen LogP contribution in [0, 0.1) is 0 Å². The van der Waals surface area contributed by atoms with Gasteiger partial charge in [-0.1, -0.05) is 0 Å². The summed E-state index contributed by atoms with van der Waals surface area (Å²) in [6.07, 6.45) is 6.86. The van der Waals surface area contributed by atoms with Crippen molar-refractivity contribution in [2.75, 3.05) is 26.2 Å². The Morgan fingerprint density at radius 1 is 1.21 bits per heavy atom. The first-order chi connectivity index (χ1) is 13.7. The number of hydrogen-bond acceptors (Lipinski definition) is 5. The monoisotopic (exact) mass is 385 g/mol. The first-order valence-electron chi connectivity index (χ1n) is 10.1. The number of carbonyl (C=O) groups is 2. The summed E-state index contributed by atoms with van der Waals surface area (Å²) in [5.74, 6) is 2.38. The Balaban J connectivity index is 1.36. The number of rotatable bonds is 6. The Kier molecular flexibility index (Phi) is 5.40. The van der Waals surface area contributed by atoms with Crippen LogP contribution in [-0.2, 0) is 22.7 Å². The van der Waals surface area contributed by atoms with Crippen LogP contribution >= 0.6 is 0 Å². The maximum atomic E-state index is 12.5. The number of hydrogen-bond donors (Lipinski definition) is 0. The Bertz CT molecular complexity index is 821. The number of likely N-dealkylation sites (tertiary alicyclic amines) is 2. The van der Waals surface area contributed by atoms with E-state index in [1.807, 2.05) is 21.8 Å². The number of carbonyl (C=O) groups excluding carboxylic acids is 2. The largest absolute Gasteiger partial charge is 0.341 e. The van der Waals surface area contributed by atoms with Gasteiger partial charge in [0.1, 0.15) is 12.4 Å². The Morgan fingerprint density at radius 2 is 2.04 bits per heavy atom. The van der Waals surface area contributed by atoms with Crippen molar-refractivity contribution in [1.29, 1.82) is 0 Å². The van der Waals surface area contributed by atoms with Crippen LogP contribution in [0.2, 0.25) is 0 Å². The van der Waals surface area contributed by atoms with Crippen LogP contribution in [-0.4, -0.2) is 72.3 Å². The highest BCUT2D eigenvalue weighted by atomic mass is 16.2. The molecule has 2 saturated heterocycles. The second kappa shape index (κ2) is 8.12. The van der Waals surface area contributed by atoms with E-state index in [1.54, 1.807) is 11.1 Å². The lowest BCUT2D eigenvalue weighted by atomic mass is 9.95. The van der Waals surface area contributed by atoms with Gasteiger partial charge in [0.2, 0.25) is 11.8 Å². The van der Waals surface area contributed by atoms with Gasteiger partial charge in [0.25, 0.3) is 0 Å². The third-order valence-electron chi connectivity index (χ3n) is 5.75.